The van der Waals surface area contributed by atoms with Gasteiger partial charge in [-0.25, -0.2) is 18.3 Å². The molecule has 2 atom stereocenters. The maximum absolute atomic E-state index is 14.4. The van der Waals surface area contributed by atoms with Crippen LogP contribution in [0.25, 0.3) is 5.65 Å². The molecular formula is C27H21F4N5O5. The van der Waals surface area contributed by atoms with Gasteiger partial charge < -0.3 is 20.5 Å². The third kappa shape index (κ3) is 5.59. The number of carbonyl (C=O) groups excluding carboxylic acids is 3. The number of alkyl halides is 2. The number of nitrogens with one attached hydrogen (secondary N) is 2. The molecule has 0 bridgehead atoms. The molecule has 41 heavy (non-hydrogen) atoms. The molecular weight excluding hydrogens is 550 g/mol. The minimum atomic E-state index is -3.25. The number of benzene rings is 2. The first-order valence-corrected chi connectivity index (χ1v) is 12.2. The van der Waals surface area contributed by atoms with Crippen LogP contribution in [-0.4, -0.2) is 50.0 Å². The van der Waals surface area contributed by atoms with Crippen molar-refractivity contribution in [2.24, 2.45) is 0 Å². The lowest BCUT2D eigenvalue weighted by atomic mass is 10.0. The van der Waals surface area contributed by atoms with E-state index in [-0.39, 0.29) is 35.7 Å². The number of carbonyl (C=O) groups is 3. The van der Waals surface area contributed by atoms with Gasteiger partial charge in [0, 0.05) is 24.6 Å². The molecule has 10 nitrogen and oxygen atoms in total. The zero-order chi connectivity index (χ0) is 29.4. The summed E-state index contributed by atoms with van der Waals surface area (Å²) in [5, 5.41) is 19.6. The van der Waals surface area contributed by atoms with Gasteiger partial charge in [-0.2, -0.15) is 13.9 Å². The van der Waals surface area contributed by atoms with E-state index in [9.17, 15) is 37.1 Å². The Morgan fingerprint density at radius 1 is 1.10 bits per heavy atom. The van der Waals surface area contributed by atoms with Crippen molar-refractivity contribution in [3.63, 3.8) is 0 Å². The highest BCUT2D eigenvalue weighted by molar-refractivity contribution is 5.98. The molecule has 0 radical (unpaired) electrons. The van der Waals surface area contributed by atoms with E-state index in [1.165, 1.54) is 13.0 Å². The Kier molecular flexibility index (Phi) is 7.41. The van der Waals surface area contributed by atoms with Crippen LogP contribution in [0.5, 0.6) is 5.75 Å². The quantitative estimate of drug-likeness (QED) is 0.219. The Bertz CT molecular complexity index is 1690. The van der Waals surface area contributed by atoms with Gasteiger partial charge in [0.25, 0.3) is 11.8 Å². The van der Waals surface area contributed by atoms with E-state index in [1.807, 2.05) is 0 Å². The Morgan fingerprint density at radius 2 is 1.88 bits per heavy atom. The van der Waals surface area contributed by atoms with Crippen molar-refractivity contribution in [2.45, 2.75) is 38.6 Å². The summed E-state index contributed by atoms with van der Waals surface area (Å²) in [7, 11) is 0. The molecule has 2 aromatic carbocycles. The Morgan fingerprint density at radius 3 is 2.61 bits per heavy atom. The molecule has 3 N–H and O–H groups in total. The molecule has 0 saturated carbocycles. The van der Waals surface area contributed by atoms with Gasteiger partial charge in [-0.1, -0.05) is 18.2 Å². The lowest BCUT2D eigenvalue weighted by Gasteiger charge is -2.18. The van der Waals surface area contributed by atoms with Gasteiger partial charge in [0.1, 0.15) is 11.4 Å². The second kappa shape index (κ2) is 11.0. The zero-order valence-electron chi connectivity index (χ0n) is 21.2. The minimum absolute atomic E-state index is 0.151. The molecule has 14 heteroatoms. The average Bonchev–Trinajstić information content (AvgIpc) is 3.46. The van der Waals surface area contributed by atoms with Crippen molar-refractivity contribution in [1.29, 1.82) is 0 Å². The number of aliphatic hydroxyl groups excluding tert-OH is 1. The van der Waals surface area contributed by atoms with Crippen LogP contribution >= 0.6 is 0 Å². The molecule has 1 aliphatic carbocycles. The van der Waals surface area contributed by atoms with Crippen LogP contribution < -0.4 is 15.4 Å². The van der Waals surface area contributed by atoms with Crippen molar-refractivity contribution in [3.8, 4) is 5.75 Å². The van der Waals surface area contributed by atoms with E-state index in [0.29, 0.717) is 16.7 Å². The highest BCUT2D eigenvalue weighted by Gasteiger charge is 2.34. The number of ketones is 1. The van der Waals surface area contributed by atoms with Crippen LogP contribution in [0, 0.1) is 11.6 Å². The van der Waals surface area contributed by atoms with Crippen LogP contribution in [0.3, 0.4) is 0 Å². The molecule has 2 heterocycles. The molecule has 2 amide bonds. The van der Waals surface area contributed by atoms with E-state index in [1.54, 1.807) is 18.2 Å². The van der Waals surface area contributed by atoms with E-state index in [2.05, 4.69) is 25.5 Å². The summed E-state index contributed by atoms with van der Waals surface area (Å²) < 4.78 is 58.2. The SMILES string of the molecule is CC(=O)c1ccc2c(c1)C[C@H](O)[C@@H]2NC(=O)c1cc(C(=O)NCc2ccc(F)c(OC(F)F)c2)nc2c(F)cnn12. The maximum Gasteiger partial charge on any atom is 0.387 e. The molecule has 212 valence electrons. The van der Waals surface area contributed by atoms with Crippen molar-refractivity contribution in [2.75, 3.05) is 0 Å². The normalized spacial score (nSPS) is 16.1. The largest absolute Gasteiger partial charge is 0.432 e. The fraction of sp³-hybridized carbons (Fsp3) is 0.222. The van der Waals surface area contributed by atoms with Crippen molar-refractivity contribution < 1.29 is 41.8 Å². The first kappa shape index (κ1) is 27.7. The molecule has 1 aliphatic rings. The highest BCUT2D eigenvalue weighted by atomic mass is 19.3. The predicted octanol–water partition coefficient (Wildman–Crippen LogP) is 3.13. The highest BCUT2D eigenvalue weighted by Crippen LogP contribution is 2.32. The third-order valence-corrected chi connectivity index (χ3v) is 6.54. The van der Waals surface area contributed by atoms with Gasteiger partial charge in [0.05, 0.1) is 18.3 Å². The van der Waals surface area contributed by atoms with Gasteiger partial charge in [0.15, 0.2) is 28.8 Å². The molecule has 2 aromatic heterocycles. The number of halogens is 4. The van der Waals surface area contributed by atoms with Crippen molar-refractivity contribution in [1.82, 2.24) is 25.2 Å². The summed E-state index contributed by atoms with van der Waals surface area (Å²) in [6, 6.07) is 8.19. The van der Waals surface area contributed by atoms with Gasteiger partial charge in [-0.15, -0.1) is 0 Å². The number of rotatable bonds is 8. The molecule has 0 saturated heterocycles. The second-order valence-corrected chi connectivity index (χ2v) is 9.27. The molecule has 5 rings (SSSR count). The molecule has 0 aliphatic heterocycles. The van der Waals surface area contributed by atoms with Crippen LogP contribution in [0.15, 0.2) is 48.7 Å². The van der Waals surface area contributed by atoms with Crippen molar-refractivity contribution >= 4 is 23.2 Å². The zero-order valence-corrected chi connectivity index (χ0v) is 21.2. The fourth-order valence-electron chi connectivity index (χ4n) is 4.58. The van der Waals surface area contributed by atoms with Gasteiger partial charge in [-0.3, -0.25) is 14.4 Å². The van der Waals surface area contributed by atoms with E-state index in [4.69, 9.17) is 0 Å². The monoisotopic (exact) mass is 571 g/mol. The van der Waals surface area contributed by atoms with E-state index >= 15 is 0 Å². The lowest BCUT2D eigenvalue weighted by Crippen LogP contribution is -2.35. The number of aromatic nitrogens is 3. The summed E-state index contributed by atoms with van der Waals surface area (Å²) in [6.07, 6.45) is -0.0161. The number of hydrogen-bond acceptors (Lipinski definition) is 7. The number of fused-ring (bicyclic) bond motifs is 2. The maximum atomic E-state index is 14.4. The summed E-state index contributed by atoms with van der Waals surface area (Å²) >= 11 is 0. The van der Waals surface area contributed by atoms with Gasteiger partial charge in [-0.05, 0) is 41.8 Å². The molecule has 0 unspecified atom stereocenters. The summed E-state index contributed by atoms with van der Waals surface area (Å²) in [5.41, 5.74) is 0.900. The van der Waals surface area contributed by atoms with Crippen LogP contribution in [0.1, 0.15) is 61.0 Å². The first-order chi connectivity index (χ1) is 19.5. The standard InChI is InChI=1S/C27H21F4N5O5/c1-12(37)14-3-4-16-15(7-14)8-21(38)23(16)35-26(40)20-9-19(34-24-18(29)11-33-36(20)24)25(39)32-10-13-2-5-17(28)22(6-13)41-27(30)31/h2-7,9,11,21,23,27,38H,8,10H2,1H3,(H,32,39)(H,35,40)/t21-,23+/m0/s1. The number of amides is 2. The summed E-state index contributed by atoms with van der Waals surface area (Å²) in [6.45, 7) is -2.10. The van der Waals surface area contributed by atoms with Crippen LogP contribution in [0.4, 0.5) is 17.6 Å². The molecule has 4 aromatic rings. The summed E-state index contributed by atoms with van der Waals surface area (Å²) in [5.74, 6) is -4.44. The number of nitrogens with zero attached hydrogens (tertiary/aromatic N) is 3. The topological polar surface area (TPSA) is 135 Å². The third-order valence-electron chi connectivity index (χ3n) is 6.54. The van der Waals surface area contributed by atoms with Crippen molar-refractivity contribution in [3.05, 3.63) is 93.9 Å². The number of ether oxygens (including phenoxy) is 1. The Labute approximate surface area is 229 Å². The van der Waals surface area contributed by atoms with Crippen LogP contribution in [-0.2, 0) is 13.0 Å². The lowest BCUT2D eigenvalue weighted by molar-refractivity contribution is -0.0522. The predicted molar refractivity (Wildman–Crippen MR) is 134 cm³/mol. The Balaban J connectivity index is 1.39. The molecule has 0 spiro atoms. The Hall–Kier alpha value is -4.85. The van der Waals surface area contributed by atoms with Crippen LogP contribution in [0.2, 0.25) is 0 Å². The number of hydrogen-bond donors (Lipinski definition) is 3. The minimum Gasteiger partial charge on any atom is -0.432 e. The van der Waals surface area contributed by atoms with E-state index in [0.717, 1.165) is 28.9 Å². The summed E-state index contributed by atoms with van der Waals surface area (Å²) in [4.78, 5) is 41.9. The fourth-order valence-corrected chi connectivity index (χ4v) is 4.58. The first-order valence-electron chi connectivity index (χ1n) is 12.2. The average molecular weight is 571 g/mol. The van der Waals surface area contributed by atoms with E-state index < -0.39 is 53.6 Å². The molecule has 0 fully saturated rings. The number of Topliss-reactive ketones (excluding diaryl/α,β-unsaturated/α-hetero) is 1. The van der Waals surface area contributed by atoms with Gasteiger partial charge in [0.2, 0.25) is 0 Å². The smallest absolute Gasteiger partial charge is 0.387 e. The number of aliphatic hydroxyl groups is 1. The van der Waals surface area contributed by atoms with Gasteiger partial charge >= 0.3 is 6.61 Å². The second-order valence-electron chi connectivity index (χ2n) is 9.27.